The van der Waals surface area contributed by atoms with Gasteiger partial charge in [-0.2, -0.15) is 4.98 Å². The molecule has 0 fully saturated rings. The van der Waals surface area contributed by atoms with E-state index in [1.807, 2.05) is 55.5 Å². The van der Waals surface area contributed by atoms with E-state index < -0.39 is 0 Å². The topological polar surface area (TPSA) is 49.8 Å². The maximum Gasteiger partial charge on any atom is 0.225 e. The second-order valence-corrected chi connectivity index (χ2v) is 6.06. The van der Waals surface area contributed by atoms with Crippen molar-refractivity contribution in [1.82, 2.24) is 9.97 Å². The Kier molecular flexibility index (Phi) is 4.96. The Morgan fingerprint density at radius 3 is 2.38 bits per heavy atom. The summed E-state index contributed by atoms with van der Waals surface area (Å²) in [6.45, 7) is 4.04. The summed E-state index contributed by atoms with van der Waals surface area (Å²) in [7, 11) is 0. The van der Waals surface area contributed by atoms with Crippen LogP contribution in [0.25, 0.3) is 0 Å². The van der Waals surface area contributed by atoms with Gasteiger partial charge in [0.25, 0.3) is 0 Å². The molecule has 122 valence electrons. The van der Waals surface area contributed by atoms with E-state index in [4.69, 9.17) is 11.6 Å². The zero-order chi connectivity index (χ0) is 16.9. The number of nitrogens with one attached hydrogen (secondary N) is 2. The fraction of sp³-hybridized carbons (Fsp3) is 0.158. The van der Waals surface area contributed by atoms with Gasteiger partial charge >= 0.3 is 0 Å². The highest BCUT2D eigenvalue weighted by Gasteiger charge is 2.08. The van der Waals surface area contributed by atoms with Crippen LogP contribution < -0.4 is 10.6 Å². The third-order valence-corrected chi connectivity index (χ3v) is 3.87. The number of hydrogen-bond acceptors (Lipinski definition) is 4. The van der Waals surface area contributed by atoms with Crippen molar-refractivity contribution in [3.63, 3.8) is 0 Å². The average Bonchev–Trinajstić information content (AvgIpc) is 2.57. The summed E-state index contributed by atoms with van der Waals surface area (Å²) in [4.78, 5) is 9.02. The number of benzene rings is 2. The first kappa shape index (κ1) is 16.3. The second-order valence-electron chi connectivity index (χ2n) is 5.63. The smallest absolute Gasteiger partial charge is 0.225 e. The van der Waals surface area contributed by atoms with E-state index in [9.17, 15) is 0 Å². The maximum absolute atomic E-state index is 5.92. The van der Waals surface area contributed by atoms with E-state index in [1.54, 1.807) is 0 Å². The lowest BCUT2D eigenvalue weighted by Crippen LogP contribution is -2.10. The van der Waals surface area contributed by atoms with Crippen molar-refractivity contribution in [3.8, 4) is 0 Å². The van der Waals surface area contributed by atoms with Crippen LogP contribution in [0.2, 0.25) is 5.02 Å². The van der Waals surface area contributed by atoms with E-state index in [0.29, 0.717) is 11.0 Å². The van der Waals surface area contributed by atoms with Crippen LogP contribution in [0.4, 0.5) is 17.5 Å². The Morgan fingerprint density at radius 1 is 0.958 bits per heavy atom. The van der Waals surface area contributed by atoms with Gasteiger partial charge in [-0.3, -0.25) is 0 Å². The van der Waals surface area contributed by atoms with Crippen LogP contribution in [0.15, 0.2) is 60.7 Å². The lowest BCUT2D eigenvalue weighted by Gasteiger charge is -2.15. The lowest BCUT2D eigenvalue weighted by molar-refractivity contribution is 0.858. The van der Waals surface area contributed by atoms with Gasteiger partial charge < -0.3 is 10.6 Å². The maximum atomic E-state index is 5.92. The van der Waals surface area contributed by atoms with Crippen LogP contribution in [0.1, 0.15) is 24.2 Å². The Morgan fingerprint density at radius 2 is 1.67 bits per heavy atom. The number of halogens is 1. The molecule has 1 aromatic heterocycles. The van der Waals surface area contributed by atoms with Gasteiger partial charge in [-0.15, -0.1) is 0 Å². The van der Waals surface area contributed by atoms with Crippen LogP contribution in [0.3, 0.4) is 0 Å². The van der Waals surface area contributed by atoms with Crippen LogP contribution in [-0.4, -0.2) is 9.97 Å². The Hall–Kier alpha value is -2.59. The fourth-order valence-corrected chi connectivity index (χ4v) is 2.52. The molecule has 3 rings (SSSR count). The van der Waals surface area contributed by atoms with E-state index in [0.717, 1.165) is 17.2 Å². The molecule has 24 heavy (non-hydrogen) atoms. The number of rotatable bonds is 5. The molecule has 0 aliphatic heterocycles. The van der Waals surface area contributed by atoms with Crippen molar-refractivity contribution in [2.24, 2.45) is 0 Å². The summed E-state index contributed by atoms with van der Waals surface area (Å²) < 4.78 is 0. The van der Waals surface area contributed by atoms with Crippen LogP contribution in [0.5, 0.6) is 0 Å². The van der Waals surface area contributed by atoms with Gasteiger partial charge in [-0.05, 0) is 43.7 Å². The molecule has 0 spiro atoms. The average molecular weight is 339 g/mol. The summed E-state index contributed by atoms with van der Waals surface area (Å²) in [6.07, 6.45) is 0. The Balaban J connectivity index is 1.77. The SMILES string of the molecule is Cc1cc(Nc2ccc(Cl)cc2)nc(NC(C)c2ccccc2)n1. The minimum atomic E-state index is 0.122. The fourth-order valence-electron chi connectivity index (χ4n) is 2.40. The van der Waals surface area contributed by atoms with E-state index in [2.05, 4.69) is 39.7 Å². The zero-order valence-corrected chi connectivity index (χ0v) is 14.4. The Labute approximate surface area is 146 Å². The molecule has 0 amide bonds. The predicted molar refractivity (Wildman–Crippen MR) is 100.0 cm³/mol. The molecule has 0 saturated heterocycles. The van der Waals surface area contributed by atoms with Crippen molar-refractivity contribution in [3.05, 3.63) is 76.9 Å². The Bertz CT molecular complexity index is 803. The van der Waals surface area contributed by atoms with E-state index >= 15 is 0 Å². The first-order valence-corrected chi connectivity index (χ1v) is 8.18. The number of hydrogen-bond donors (Lipinski definition) is 2. The molecule has 1 unspecified atom stereocenters. The number of aromatic nitrogens is 2. The molecule has 0 radical (unpaired) electrons. The molecule has 0 aliphatic rings. The standard InChI is InChI=1S/C19H19ClN4/c1-13-12-18(23-17-10-8-16(20)9-11-17)24-19(21-13)22-14(2)15-6-4-3-5-7-15/h3-12,14H,1-2H3,(H2,21,22,23,24). The van der Waals surface area contributed by atoms with Crippen LogP contribution in [-0.2, 0) is 0 Å². The molecule has 3 aromatic rings. The molecule has 2 N–H and O–H groups in total. The van der Waals surface area contributed by atoms with Gasteiger partial charge in [0.15, 0.2) is 0 Å². The van der Waals surface area contributed by atoms with Crippen LogP contribution >= 0.6 is 11.6 Å². The quantitative estimate of drug-likeness (QED) is 0.658. The summed E-state index contributed by atoms with van der Waals surface area (Å²) in [5.41, 5.74) is 3.01. The highest BCUT2D eigenvalue weighted by molar-refractivity contribution is 6.30. The first-order chi connectivity index (χ1) is 11.6. The largest absolute Gasteiger partial charge is 0.348 e. The molecule has 5 heteroatoms. The number of anilines is 3. The molecule has 0 aliphatic carbocycles. The third-order valence-electron chi connectivity index (χ3n) is 3.62. The number of nitrogens with zero attached hydrogens (tertiary/aromatic N) is 2. The molecule has 2 aromatic carbocycles. The highest BCUT2D eigenvalue weighted by Crippen LogP contribution is 2.21. The van der Waals surface area contributed by atoms with E-state index in [-0.39, 0.29) is 6.04 Å². The normalized spacial score (nSPS) is 11.8. The summed E-state index contributed by atoms with van der Waals surface area (Å²) in [5, 5.41) is 7.33. The van der Waals surface area contributed by atoms with E-state index in [1.165, 1.54) is 5.56 Å². The molecule has 0 saturated carbocycles. The molecular formula is C19H19ClN4. The van der Waals surface area contributed by atoms with Crippen molar-refractivity contribution < 1.29 is 0 Å². The van der Waals surface area contributed by atoms with Gasteiger partial charge in [0.05, 0.1) is 6.04 Å². The van der Waals surface area contributed by atoms with Crippen molar-refractivity contribution in [1.29, 1.82) is 0 Å². The van der Waals surface area contributed by atoms with Crippen LogP contribution in [0, 0.1) is 6.92 Å². The lowest BCUT2D eigenvalue weighted by atomic mass is 10.1. The number of aryl methyl sites for hydroxylation is 1. The molecule has 0 bridgehead atoms. The van der Waals surface area contributed by atoms with Crippen molar-refractivity contribution in [2.45, 2.75) is 19.9 Å². The second kappa shape index (κ2) is 7.32. The summed E-state index contributed by atoms with van der Waals surface area (Å²) in [6, 6.07) is 19.8. The first-order valence-electron chi connectivity index (χ1n) is 7.80. The molecule has 1 heterocycles. The van der Waals surface area contributed by atoms with Crippen molar-refractivity contribution >= 4 is 29.1 Å². The van der Waals surface area contributed by atoms with Crippen molar-refractivity contribution in [2.75, 3.05) is 10.6 Å². The molecular weight excluding hydrogens is 320 g/mol. The highest BCUT2D eigenvalue weighted by atomic mass is 35.5. The minimum Gasteiger partial charge on any atom is -0.348 e. The third kappa shape index (κ3) is 4.24. The van der Waals surface area contributed by atoms with Gasteiger partial charge in [-0.25, -0.2) is 4.98 Å². The van der Waals surface area contributed by atoms with Gasteiger partial charge in [0.2, 0.25) is 5.95 Å². The predicted octanol–water partition coefficient (Wildman–Crippen LogP) is 5.36. The summed E-state index contributed by atoms with van der Waals surface area (Å²) >= 11 is 5.92. The zero-order valence-electron chi connectivity index (χ0n) is 13.6. The van der Waals surface area contributed by atoms with Gasteiger partial charge in [0, 0.05) is 22.5 Å². The van der Waals surface area contributed by atoms with Gasteiger partial charge in [-0.1, -0.05) is 41.9 Å². The molecule has 4 nitrogen and oxygen atoms in total. The minimum absolute atomic E-state index is 0.122. The van der Waals surface area contributed by atoms with Gasteiger partial charge in [0.1, 0.15) is 5.82 Å². The monoisotopic (exact) mass is 338 g/mol. The molecule has 1 atom stereocenters. The summed E-state index contributed by atoms with van der Waals surface area (Å²) in [5.74, 6) is 1.34.